The second-order valence-electron chi connectivity index (χ2n) is 11.5. The number of nitrogens with one attached hydrogen (secondary N) is 3. The Balaban J connectivity index is 1.24. The van der Waals surface area contributed by atoms with Crippen LogP contribution in [0, 0.1) is 29.6 Å². The van der Waals surface area contributed by atoms with Crippen molar-refractivity contribution < 1.29 is 22.8 Å². The Hall–Kier alpha value is -3.13. The van der Waals surface area contributed by atoms with E-state index in [4.69, 9.17) is 0 Å². The summed E-state index contributed by atoms with van der Waals surface area (Å²) in [5.41, 5.74) is -0.703. The van der Waals surface area contributed by atoms with Crippen LogP contribution in [0.5, 0.6) is 0 Å². The van der Waals surface area contributed by atoms with Crippen molar-refractivity contribution in [1.82, 2.24) is 15.6 Å². The molecule has 4 saturated carbocycles. The molecule has 2 aromatic heterocycles. The fraction of sp³-hybridized carbons (Fsp3) is 0.571. The Bertz CT molecular complexity index is 1290. The van der Waals surface area contributed by atoms with E-state index in [9.17, 15) is 28.0 Å². The normalized spacial score (nSPS) is 25.5. The predicted molar refractivity (Wildman–Crippen MR) is 141 cm³/mol. The van der Waals surface area contributed by atoms with E-state index in [0.29, 0.717) is 42.2 Å². The summed E-state index contributed by atoms with van der Waals surface area (Å²) in [5.74, 6) is -0.160. The van der Waals surface area contributed by atoms with E-state index in [1.807, 2.05) is 0 Å². The number of nitrogens with zero attached hydrogens (tertiary/aromatic N) is 2. The van der Waals surface area contributed by atoms with Crippen molar-refractivity contribution >= 4 is 28.8 Å². The zero-order valence-corrected chi connectivity index (χ0v) is 22.8. The van der Waals surface area contributed by atoms with Gasteiger partial charge in [-0.1, -0.05) is 25.7 Å². The fourth-order valence-electron chi connectivity index (χ4n) is 6.27. The van der Waals surface area contributed by atoms with Gasteiger partial charge in [-0.2, -0.15) is 18.4 Å². The summed E-state index contributed by atoms with van der Waals surface area (Å²) in [7, 11) is 0. The zero-order valence-electron chi connectivity index (χ0n) is 22.0. The molecule has 7 nitrogen and oxygen atoms in total. The molecule has 0 aliphatic heterocycles. The molecule has 2 bridgehead atoms. The summed E-state index contributed by atoms with van der Waals surface area (Å²) in [6.45, 7) is 3.44. The molecule has 208 valence electrons. The molecule has 11 heteroatoms. The largest absolute Gasteiger partial charge is 0.417 e. The fourth-order valence-corrected chi connectivity index (χ4v) is 7.19. The highest BCUT2D eigenvalue weighted by molar-refractivity contribution is 7.14. The number of pyridine rings is 1. The van der Waals surface area contributed by atoms with Gasteiger partial charge in [-0.05, 0) is 63.6 Å². The number of halogens is 3. The van der Waals surface area contributed by atoms with Crippen LogP contribution < -0.4 is 16.0 Å². The van der Waals surface area contributed by atoms with Crippen LogP contribution in [0.3, 0.4) is 0 Å². The molecule has 0 saturated heterocycles. The van der Waals surface area contributed by atoms with Gasteiger partial charge in [-0.25, -0.2) is 0 Å². The molecule has 3 N–H and O–H groups in total. The van der Waals surface area contributed by atoms with Crippen molar-refractivity contribution in [2.45, 2.75) is 89.0 Å². The van der Waals surface area contributed by atoms with E-state index >= 15 is 0 Å². The van der Waals surface area contributed by atoms with Gasteiger partial charge in [0, 0.05) is 16.6 Å². The Morgan fingerprint density at radius 3 is 2.56 bits per heavy atom. The summed E-state index contributed by atoms with van der Waals surface area (Å²) in [4.78, 5) is 31.5. The van der Waals surface area contributed by atoms with E-state index in [0.717, 1.165) is 42.8 Å². The van der Waals surface area contributed by atoms with Crippen LogP contribution in [0.1, 0.15) is 90.1 Å². The van der Waals surface area contributed by atoms with Crippen LogP contribution in [0.15, 0.2) is 24.4 Å². The lowest BCUT2D eigenvalue weighted by atomic mass is 9.40. The van der Waals surface area contributed by atoms with Gasteiger partial charge in [0.25, 0.3) is 5.91 Å². The molecule has 0 unspecified atom stereocenters. The summed E-state index contributed by atoms with van der Waals surface area (Å²) >= 11 is 1.23. The molecule has 4 aliphatic carbocycles. The molecule has 2 amide bonds. The number of aryl methyl sites for hydroxylation is 1. The molecule has 2 heterocycles. The van der Waals surface area contributed by atoms with Crippen LogP contribution in [0.2, 0.25) is 0 Å². The zero-order chi connectivity index (χ0) is 28.0. The average molecular weight is 560 g/mol. The first-order chi connectivity index (χ1) is 18.4. The molecular formula is C28H32F3N5O2S. The molecule has 4 aliphatic rings. The van der Waals surface area contributed by atoms with Gasteiger partial charge in [-0.3, -0.25) is 14.6 Å². The maximum absolute atomic E-state index is 13.3. The van der Waals surface area contributed by atoms with Crippen molar-refractivity contribution in [2.24, 2.45) is 11.3 Å². The minimum atomic E-state index is -4.49. The number of hydrogen-bond acceptors (Lipinski definition) is 6. The van der Waals surface area contributed by atoms with Crippen molar-refractivity contribution in [3.8, 4) is 6.07 Å². The van der Waals surface area contributed by atoms with E-state index in [1.165, 1.54) is 11.3 Å². The Morgan fingerprint density at radius 2 is 1.92 bits per heavy atom. The number of anilines is 1. The van der Waals surface area contributed by atoms with Crippen LogP contribution in [0.25, 0.3) is 0 Å². The third-order valence-electron chi connectivity index (χ3n) is 8.39. The predicted octanol–water partition coefficient (Wildman–Crippen LogP) is 5.88. The third kappa shape index (κ3) is 5.62. The maximum atomic E-state index is 13.3. The molecule has 2 aromatic rings. The molecule has 6 rings (SSSR count). The van der Waals surface area contributed by atoms with E-state index < -0.39 is 17.8 Å². The first-order valence-electron chi connectivity index (χ1n) is 13.4. The van der Waals surface area contributed by atoms with Crippen LogP contribution in [0.4, 0.5) is 18.9 Å². The average Bonchev–Trinajstić information content (AvgIpc) is 3.53. The minimum absolute atomic E-state index is 0.194. The van der Waals surface area contributed by atoms with E-state index in [2.05, 4.69) is 27.0 Å². The Labute approximate surface area is 229 Å². The number of alkyl halides is 3. The van der Waals surface area contributed by atoms with Crippen molar-refractivity contribution in [2.75, 3.05) is 5.32 Å². The monoisotopic (exact) mass is 559 g/mol. The topological polar surface area (TPSA) is 107 Å². The molecule has 0 spiro atoms. The van der Waals surface area contributed by atoms with Crippen LogP contribution in [-0.4, -0.2) is 28.4 Å². The number of thiophene rings is 1. The van der Waals surface area contributed by atoms with Gasteiger partial charge < -0.3 is 16.0 Å². The number of amides is 2. The first-order valence-corrected chi connectivity index (χ1v) is 14.2. The standard InChI is InChI=1S/C28H32F3N5O2S/c1-16-20(10-19(11-33-16)28(29,30)31)34-17(2)22-7-8-23(39-22)25(38)35-21(9-18-5-3-4-6-18)24(37)36-27-12-26(13-27,14-27)15-32/h7-8,10-11,17-18,21,34H,3-6,9,12-14H2,1-2H3,(H,35,38)(H,36,37)/t17-,21-,26?,27?/m0/s1. The number of carbonyl (C=O) groups excluding carboxylic acids is 2. The molecular weight excluding hydrogens is 527 g/mol. The highest BCUT2D eigenvalue weighted by Gasteiger charge is 2.69. The molecule has 39 heavy (non-hydrogen) atoms. The number of carbonyl (C=O) groups is 2. The lowest BCUT2D eigenvalue weighted by Crippen LogP contribution is -2.75. The quantitative estimate of drug-likeness (QED) is 0.356. The number of hydrogen-bond donors (Lipinski definition) is 3. The van der Waals surface area contributed by atoms with Gasteiger partial charge in [0.05, 0.1) is 39.3 Å². The van der Waals surface area contributed by atoms with E-state index in [-0.39, 0.29) is 34.5 Å². The van der Waals surface area contributed by atoms with Crippen LogP contribution in [-0.2, 0) is 11.0 Å². The highest BCUT2D eigenvalue weighted by atomic mass is 32.1. The lowest BCUT2D eigenvalue weighted by Gasteiger charge is -2.67. The second-order valence-corrected chi connectivity index (χ2v) is 12.6. The SMILES string of the molecule is Cc1ncc(C(F)(F)F)cc1N[C@@H](C)c1ccc(C(=O)N[C@@H](CC2CCCC2)C(=O)NC23CC(C#N)(C2)C3)s1. The third-order valence-corrected chi connectivity index (χ3v) is 9.65. The van der Waals surface area contributed by atoms with Crippen molar-refractivity contribution in [3.05, 3.63) is 45.4 Å². The van der Waals surface area contributed by atoms with Gasteiger partial charge in [0.2, 0.25) is 5.91 Å². The number of rotatable bonds is 9. The van der Waals surface area contributed by atoms with Crippen molar-refractivity contribution in [1.29, 1.82) is 5.26 Å². The summed E-state index contributed by atoms with van der Waals surface area (Å²) in [6, 6.07) is 5.80. The minimum Gasteiger partial charge on any atom is -0.376 e. The smallest absolute Gasteiger partial charge is 0.376 e. The van der Waals surface area contributed by atoms with Crippen molar-refractivity contribution in [3.63, 3.8) is 0 Å². The molecule has 0 radical (unpaired) electrons. The lowest BCUT2D eigenvalue weighted by molar-refractivity contribution is -0.146. The number of aromatic nitrogens is 1. The maximum Gasteiger partial charge on any atom is 0.417 e. The summed E-state index contributed by atoms with van der Waals surface area (Å²) in [6.07, 6.45) is 3.25. The van der Waals surface area contributed by atoms with Gasteiger partial charge in [0.1, 0.15) is 6.04 Å². The van der Waals surface area contributed by atoms with Gasteiger partial charge in [-0.15, -0.1) is 11.3 Å². The molecule has 4 fully saturated rings. The van der Waals surface area contributed by atoms with E-state index in [1.54, 1.807) is 26.0 Å². The molecule has 2 atom stereocenters. The Kier molecular flexibility index (Phi) is 7.12. The summed E-state index contributed by atoms with van der Waals surface area (Å²) < 4.78 is 39.4. The molecule has 0 aromatic carbocycles. The highest BCUT2D eigenvalue weighted by Crippen LogP contribution is 2.66. The van der Waals surface area contributed by atoms with Gasteiger partial charge >= 0.3 is 6.18 Å². The number of nitriles is 1. The van der Waals surface area contributed by atoms with Crippen LogP contribution >= 0.6 is 11.3 Å². The van der Waals surface area contributed by atoms with Gasteiger partial charge in [0.15, 0.2) is 0 Å². The Morgan fingerprint density at radius 1 is 1.23 bits per heavy atom. The second kappa shape index (κ2) is 10.1. The first kappa shape index (κ1) is 27.4. The summed E-state index contributed by atoms with van der Waals surface area (Å²) in [5, 5.41) is 18.4.